The molecule has 5 atom stereocenters. The molecule has 1 saturated carbocycles. The summed E-state index contributed by atoms with van der Waals surface area (Å²) >= 11 is 0. The van der Waals surface area contributed by atoms with Crippen LogP contribution in [0.2, 0.25) is 0 Å². The fourth-order valence-electron chi connectivity index (χ4n) is 7.46. The van der Waals surface area contributed by atoms with Gasteiger partial charge in [0.15, 0.2) is 0 Å². The van der Waals surface area contributed by atoms with Crippen molar-refractivity contribution in [2.45, 2.75) is 76.3 Å². The molecule has 4 fully saturated rings. The summed E-state index contributed by atoms with van der Waals surface area (Å²) < 4.78 is 39.5. The molecule has 5 aliphatic rings. The third-order valence-electron chi connectivity index (χ3n) is 9.32. The molecule has 5 nitrogen and oxygen atoms in total. The molecule has 174 valence electrons. The minimum atomic E-state index is -4.41. The van der Waals surface area contributed by atoms with Gasteiger partial charge in [-0.05, 0) is 56.2 Å². The van der Waals surface area contributed by atoms with Crippen molar-refractivity contribution in [2.75, 3.05) is 26.2 Å². The van der Waals surface area contributed by atoms with Crippen molar-refractivity contribution in [3.8, 4) is 0 Å². The first-order valence-electron chi connectivity index (χ1n) is 12.1. The summed E-state index contributed by atoms with van der Waals surface area (Å²) in [4.78, 5) is 25.0. The lowest BCUT2D eigenvalue weighted by Crippen LogP contribution is -2.53. The molecule has 5 heterocycles. The van der Waals surface area contributed by atoms with Crippen molar-refractivity contribution in [1.82, 2.24) is 19.7 Å². The molecule has 4 unspecified atom stereocenters. The van der Waals surface area contributed by atoms with Gasteiger partial charge in [-0.15, -0.1) is 0 Å². The van der Waals surface area contributed by atoms with Crippen LogP contribution in [0.15, 0.2) is 12.3 Å². The first kappa shape index (κ1) is 20.9. The molecule has 8 heteroatoms. The number of hydrogen-bond acceptors (Lipinski definition) is 4. The van der Waals surface area contributed by atoms with Crippen molar-refractivity contribution in [3.63, 3.8) is 0 Å². The quantitative estimate of drug-likeness (QED) is 0.661. The minimum Gasteiger partial charge on any atom is -0.334 e. The summed E-state index contributed by atoms with van der Waals surface area (Å²) in [6.07, 6.45) is 2.51. The topological polar surface area (TPSA) is 39.7 Å². The SMILES string of the molecule is CC1C2Cc3ncc(C(F)(F)F)cc3CN2C(=O)[C@]12CCC(N1CCN3CCCC3C1)C2. The third-order valence-corrected chi connectivity index (χ3v) is 9.32. The van der Waals surface area contributed by atoms with Crippen molar-refractivity contribution in [3.05, 3.63) is 29.1 Å². The predicted octanol–water partition coefficient (Wildman–Crippen LogP) is 3.32. The Labute approximate surface area is 186 Å². The lowest BCUT2D eigenvalue weighted by atomic mass is 9.73. The van der Waals surface area contributed by atoms with E-state index in [1.165, 1.54) is 25.5 Å². The van der Waals surface area contributed by atoms with Crippen molar-refractivity contribution in [1.29, 1.82) is 0 Å². The Morgan fingerprint density at radius 2 is 1.94 bits per heavy atom. The largest absolute Gasteiger partial charge is 0.417 e. The number of carbonyl (C=O) groups excluding carboxylic acids is 1. The van der Waals surface area contributed by atoms with Crippen LogP contribution >= 0.6 is 0 Å². The number of pyridine rings is 1. The fraction of sp³-hybridized carbons (Fsp3) is 0.750. The lowest BCUT2D eigenvalue weighted by molar-refractivity contribution is -0.138. The highest BCUT2D eigenvalue weighted by Crippen LogP contribution is 2.55. The first-order valence-corrected chi connectivity index (χ1v) is 12.1. The molecule has 6 rings (SSSR count). The van der Waals surface area contributed by atoms with Crippen LogP contribution in [0.3, 0.4) is 0 Å². The molecule has 1 aliphatic carbocycles. The zero-order valence-corrected chi connectivity index (χ0v) is 18.6. The van der Waals surface area contributed by atoms with Gasteiger partial charge in [-0.2, -0.15) is 13.2 Å². The van der Waals surface area contributed by atoms with Gasteiger partial charge in [0.1, 0.15) is 0 Å². The van der Waals surface area contributed by atoms with Crippen LogP contribution < -0.4 is 0 Å². The van der Waals surface area contributed by atoms with Gasteiger partial charge in [0.2, 0.25) is 5.91 Å². The molecule has 0 radical (unpaired) electrons. The summed E-state index contributed by atoms with van der Waals surface area (Å²) in [5, 5.41) is 0. The Morgan fingerprint density at radius 3 is 2.75 bits per heavy atom. The fourth-order valence-corrected chi connectivity index (χ4v) is 7.46. The molecule has 1 spiro atoms. The van der Waals surface area contributed by atoms with Gasteiger partial charge in [0, 0.05) is 62.6 Å². The zero-order chi connectivity index (χ0) is 22.3. The number of hydrogen-bond donors (Lipinski definition) is 0. The van der Waals surface area contributed by atoms with E-state index in [1.807, 2.05) is 4.90 Å². The molecular formula is C24H31F3N4O. The maximum atomic E-state index is 13.7. The van der Waals surface area contributed by atoms with E-state index in [1.54, 1.807) is 0 Å². The molecule has 3 saturated heterocycles. The van der Waals surface area contributed by atoms with Gasteiger partial charge in [-0.25, -0.2) is 0 Å². The first-order chi connectivity index (χ1) is 15.3. The maximum Gasteiger partial charge on any atom is 0.417 e. The van der Waals surface area contributed by atoms with Gasteiger partial charge in [-0.1, -0.05) is 6.92 Å². The smallest absolute Gasteiger partial charge is 0.334 e. The van der Waals surface area contributed by atoms with E-state index in [4.69, 9.17) is 0 Å². The highest BCUT2D eigenvalue weighted by atomic mass is 19.4. The molecule has 32 heavy (non-hydrogen) atoms. The summed E-state index contributed by atoms with van der Waals surface area (Å²) in [6.45, 7) is 7.01. The molecule has 0 N–H and O–H groups in total. The lowest BCUT2D eigenvalue weighted by Gasteiger charge is -2.41. The van der Waals surface area contributed by atoms with Crippen LogP contribution in [0, 0.1) is 11.3 Å². The van der Waals surface area contributed by atoms with Crippen molar-refractivity contribution in [2.24, 2.45) is 11.3 Å². The molecule has 1 amide bonds. The van der Waals surface area contributed by atoms with Crippen LogP contribution in [-0.2, 0) is 23.9 Å². The van der Waals surface area contributed by atoms with Gasteiger partial charge in [-0.3, -0.25) is 19.6 Å². The maximum absolute atomic E-state index is 13.7. The number of carbonyl (C=O) groups is 1. The molecule has 1 aromatic heterocycles. The highest BCUT2D eigenvalue weighted by molar-refractivity contribution is 5.87. The number of aromatic nitrogens is 1. The van der Waals surface area contributed by atoms with Gasteiger partial charge >= 0.3 is 6.18 Å². The Balaban J connectivity index is 1.21. The van der Waals surface area contributed by atoms with Crippen molar-refractivity contribution >= 4 is 5.91 Å². The summed E-state index contributed by atoms with van der Waals surface area (Å²) in [6, 6.07) is 2.36. The van der Waals surface area contributed by atoms with Crippen molar-refractivity contribution < 1.29 is 18.0 Å². The molecule has 1 aromatic rings. The van der Waals surface area contributed by atoms with Crippen LogP contribution in [0.4, 0.5) is 13.2 Å². The van der Waals surface area contributed by atoms with E-state index < -0.39 is 11.7 Å². The predicted molar refractivity (Wildman–Crippen MR) is 113 cm³/mol. The van der Waals surface area contributed by atoms with Gasteiger partial charge < -0.3 is 4.90 Å². The molecule has 0 aromatic carbocycles. The van der Waals surface area contributed by atoms with E-state index >= 15 is 0 Å². The minimum absolute atomic E-state index is 0.0460. The number of halogens is 3. The molecule has 4 aliphatic heterocycles. The summed E-state index contributed by atoms with van der Waals surface area (Å²) in [7, 11) is 0. The van der Waals surface area contributed by atoms with Crippen LogP contribution in [-0.4, -0.2) is 69.9 Å². The van der Waals surface area contributed by atoms with E-state index in [-0.39, 0.29) is 29.8 Å². The number of amides is 1. The van der Waals surface area contributed by atoms with E-state index in [0.29, 0.717) is 24.1 Å². The van der Waals surface area contributed by atoms with Crippen LogP contribution in [0.5, 0.6) is 0 Å². The number of piperazine rings is 1. The average molecular weight is 449 g/mol. The number of nitrogens with zero attached hydrogens (tertiary/aromatic N) is 4. The van der Waals surface area contributed by atoms with Gasteiger partial charge in [0.25, 0.3) is 0 Å². The third kappa shape index (κ3) is 3.05. The average Bonchev–Trinajstić information content (AvgIpc) is 3.47. The number of alkyl halides is 3. The number of fused-ring (bicyclic) bond motifs is 3. The molecular weight excluding hydrogens is 417 g/mol. The molecule has 0 bridgehead atoms. The highest BCUT2D eigenvalue weighted by Gasteiger charge is 2.61. The monoisotopic (exact) mass is 448 g/mol. The summed E-state index contributed by atoms with van der Waals surface area (Å²) in [5.74, 6) is 0.366. The van der Waals surface area contributed by atoms with E-state index in [9.17, 15) is 18.0 Å². The zero-order valence-electron chi connectivity index (χ0n) is 18.6. The van der Waals surface area contributed by atoms with E-state index in [2.05, 4.69) is 21.7 Å². The second-order valence-electron chi connectivity index (χ2n) is 10.7. The second-order valence-corrected chi connectivity index (χ2v) is 10.7. The van der Waals surface area contributed by atoms with Crippen LogP contribution in [0.1, 0.15) is 55.8 Å². The summed E-state index contributed by atoms with van der Waals surface area (Å²) in [5.41, 5.74) is 0.191. The van der Waals surface area contributed by atoms with Gasteiger partial charge in [0.05, 0.1) is 11.0 Å². The van der Waals surface area contributed by atoms with Crippen LogP contribution in [0.25, 0.3) is 0 Å². The Morgan fingerprint density at radius 1 is 1.12 bits per heavy atom. The Bertz CT molecular complexity index is 936. The second kappa shape index (κ2) is 7.16. The Kier molecular flexibility index (Phi) is 4.68. The van der Waals surface area contributed by atoms with E-state index in [0.717, 1.165) is 50.8 Å². The normalized spacial score (nSPS) is 37.8. The Hall–Kier alpha value is -1.67. The number of rotatable bonds is 1. The standard InChI is InChI=1S/C24H31F3N4O/c1-15-21-10-20-16(9-17(12-28-20)24(25,26)27)13-31(21)22(32)23(15)5-4-18(11-23)30-8-7-29-6-2-3-19(29)14-30/h9,12,15,18-19,21H,2-8,10-11,13-14H2,1H3/t15?,18?,19?,21?,23-/m0/s1.